The van der Waals surface area contributed by atoms with Gasteiger partial charge in [-0.3, -0.25) is 4.90 Å². The highest BCUT2D eigenvalue weighted by atomic mass is 16.5. The number of nitrogens with zero attached hydrogens (tertiary/aromatic N) is 1. The number of nitrogens with one attached hydrogen (secondary N) is 1. The van der Waals surface area contributed by atoms with Crippen LogP contribution in [0.5, 0.6) is 11.5 Å². The van der Waals surface area contributed by atoms with Crippen molar-refractivity contribution in [2.45, 2.75) is 26.5 Å². The van der Waals surface area contributed by atoms with Crippen molar-refractivity contribution in [1.82, 2.24) is 10.2 Å². The van der Waals surface area contributed by atoms with Gasteiger partial charge < -0.3 is 19.5 Å². The molecule has 0 saturated heterocycles. The topological polar surface area (TPSA) is 77.1 Å². The Bertz CT molecular complexity index is 955. The van der Waals surface area contributed by atoms with E-state index in [0.29, 0.717) is 41.5 Å². The van der Waals surface area contributed by atoms with E-state index in [1.165, 1.54) is 12.0 Å². The minimum atomic E-state index is -0.648. The van der Waals surface area contributed by atoms with Crippen molar-refractivity contribution in [2.24, 2.45) is 0 Å². The van der Waals surface area contributed by atoms with Gasteiger partial charge in [0.2, 0.25) is 0 Å². The van der Waals surface area contributed by atoms with Crippen LogP contribution in [0.4, 0.5) is 4.79 Å². The van der Waals surface area contributed by atoms with Crippen molar-refractivity contribution in [3.63, 3.8) is 0 Å². The van der Waals surface area contributed by atoms with Gasteiger partial charge >= 0.3 is 12.0 Å². The molecule has 1 atom stereocenters. The quantitative estimate of drug-likeness (QED) is 0.703. The van der Waals surface area contributed by atoms with Crippen LogP contribution in [0, 0.1) is 0 Å². The number of benzene rings is 2. The normalized spacial score (nSPS) is 16.2. The van der Waals surface area contributed by atoms with Gasteiger partial charge in [-0.05, 0) is 37.1 Å². The summed E-state index contributed by atoms with van der Waals surface area (Å²) in [7, 11) is 2.88. The van der Waals surface area contributed by atoms with Gasteiger partial charge in [-0.25, -0.2) is 9.59 Å². The molecular weight excluding hydrogens is 384 g/mol. The third-order valence-electron chi connectivity index (χ3n) is 5.08. The summed E-state index contributed by atoms with van der Waals surface area (Å²) < 4.78 is 16.4. The number of rotatable bonds is 7. The lowest BCUT2D eigenvalue weighted by molar-refractivity contribution is -0.136. The number of esters is 1. The third-order valence-corrected chi connectivity index (χ3v) is 5.08. The van der Waals surface area contributed by atoms with E-state index in [1.807, 2.05) is 43.3 Å². The van der Waals surface area contributed by atoms with E-state index in [9.17, 15) is 9.59 Å². The van der Waals surface area contributed by atoms with Crippen molar-refractivity contribution >= 4 is 12.0 Å². The predicted molar refractivity (Wildman–Crippen MR) is 112 cm³/mol. The average Bonchev–Trinajstić information content (AvgIpc) is 2.77. The molecular formula is C23H26N2O5. The second-order valence-corrected chi connectivity index (χ2v) is 6.80. The molecule has 0 saturated carbocycles. The highest BCUT2D eigenvalue weighted by Gasteiger charge is 2.36. The Morgan fingerprint density at radius 2 is 1.83 bits per heavy atom. The van der Waals surface area contributed by atoms with E-state index >= 15 is 0 Å². The van der Waals surface area contributed by atoms with Gasteiger partial charge in [0.05, 0.1) is 25.8 Å². The molecule has 158 valence electrons. The van der Waals surface area contributed by atoms with Crippen LogP contribution in [-0.2, 0) is 16.1 Å². The van der Waals surface area contributed by atoms with Crippen LogP contribution in [0.15, 0.2) is 59.8 Å². The lowest BCUT2D eigenvalue weighted by Crippen LogP contribution is -2.47. The van der Waals surface area contributed by atoms with Gasteiger partial charge in [-0.2, -0.15) is 0 Å². The lowest BCUT2D eigenvalue weighted by Gasteiger charge is -2.34. The van der Waals surface area contributed by atoms with Crippen LogP contribution in [0.1, 0.15) is 31.0 Å². The number of carbonyl (C=O) groups excluding carboxylic acids is 2. The number of urea groups is 1. The van der Waals surface area contributed by atoms with Gasteiger partial charge in [-0.15, -0.1) is 0 Å². The molecule has 7 nitrogen and oxygen atoms in total. The molecule has 1 aliphatic heterocycles. The SMILES string of the molecule is CCN1C(=O)NC(c2ccc(OCc3ccccc3)c(OC)c2)C(C(=O)OC)=C1C. The zero-order valence-electron chi connectivity index (χ0n) is 17.6. The van der Waals surface area contributed by atoms with Gasteiger partial charge in [0.1, 0.15) is 6.61 Å². The van der Waals surface area contributed by atoms with Crippen LogP contribution in [0.25, 0.3) is 0 Å². The summed E-state index contributed by atoms with van der Waals surface area (Å²) in [5, 5.41) is 2.89. The monoisotopic (exact) mass is 410 g/mol. The summed E-state index contributed by atoms with van der Waals surface area (Å²) in [4.78, 5) is 26.5. The first kappa shape index (κ1) is 21.2. The van der Waals surface area contributed by atoms with Crippen LogP contribution in [0.3, 0.4) is 0 Å². The van der Waals surface area contributed by atoms with Gasteiger partial charge in [0.15, 0.2) is 11.5 Å². The molecule has 1 aliphatic rings. The van der Waals surface area contributed by atoms with E-state index in [4.69, 9.17) is 14.2 Å². The Balaban J connectivity index is 1.93. The minimum Gasteiger partial charge on any atom is -0.493 e. The number of ether oxygens (including phenoxy) is 3. The van der Waals surface area contributed by atoms with E-state index in [1.54, 1.807) is 26.2 Å². The molecule has 0 fully saturated rings. The van der Waals surface area contributed by atoms with Crippen LogP contribution < -0.4 is 14.8 Å². The Labute approximate surface area is 176 Å². The van der Waals surface area contributed by atoms with E-state index < -0.39 is 12.0 Å². The highest BCUT2D eigenvalue weighted by molar-refractivity contribution is 5.95. The summed E-state index contributed by atoms with van der Waals surface area (Å²) in [5.74, 6) is 0.597. The fourth-order valence-electron chi connectivity index (χ4n) is 3.50. The van der Waals surface area contributed by atoms with E-state index in [2.05, 4.69) is 5.32 Å². The van der Waals surface area contributed by atoms with Gasteiger partial charge in [0.25, 0.3) is 0 Å². The number of methoxy groups -OCH3 is 2. The molecule has 7 heteroatoms. The highest BCUT2D eigenvalue weighted by Crippen LogP contribution is 2.36. The van der Waals surface area contributed by atoms with Crippen molar-refractivity contribution in [3.8, 4) is 11.5 Å². The number of carbonyl (C=O) groups is 2. The standard InChI is InChI=1S/C23H26N2O5/c1-5-25-15(2)20(22(26)29-4)21(24-23(25)27)17-11-12-18(19(13-17)28-3)30-14-16-9-7-6-8-10-16/h6-13,21H,5,14H2,1-4H3,(H,24,27). The zero-order valence-corrected chi connectivity index (χ0v) is 17.6. The largest absolute Gasteiger partial charge is 0.493 e. The summed E-state index contributed by atoms with van der Waals surface area (Å²) in [6.07, 6.45) is 0. The van der Waals surface area contributed by atoms with E-state index in [0.717, 1.165) is 5.56 Å². The Kier molecular flexibility index (Phi) is 6.61. The fourth-order valence-corrected chi connectivity index (χ4v) is 3.50. The molecule has 0 radical (unpaired) electrons. The maximum atomic E-state index is 12.5. The molecule has 1 N–H and O–H groups in total. The van der Waals surface area contributed by atoms with Gasteiger partial charge in [-0.1, -0.05) is 36.4 Å². The second-order valence-electron chi connectivity index (χ2n) is 6.80. The summed E-state index contributed by atoms with van der Waals surface area (Å²) in [5.41, 5.74) is 2.69. The smallest absolute Gasteiger partial charge is 0.337 e. The molecule has 3 rings (SSSR count). The molecule has 0 bridgehead atoms. The summed E-state index contributed by atoms with van der Waals surface area (Å²) in [6, 6.07) is 14.3. The first-order chi connectivity index (χ1) is 14.5. The number of hydrogen-bond acceptors (Lipinski definition) is 5. The van der Waals surface area contributed by atoms with Crippen molar-refractivity contribution < 1.29 is 23.8 Å². The Morgan fingerprint density at radius 3 is 2.47 bits per heavy atom. The van der Waals surface area contributed by atoms with Crippen LogP contribution in [0.2, 0.25) is 0 Å². The molecule has 2 aromatic rings. The van der Waals surface area contributed by atoms with Crippen LogP contribution in [-0.4, -0.2) is 37.7 Å². The number of hydrogen-bond donors (Lipinski definition) is 1. The molecule has 30 heavy (non-hydrogen) atoms. The minimum absolute atomic E-state index is 0.268. The third kappa shape index (κ3) is 4.25. The van der Waals surface area contributed by atoms with Gasteiger partial charge in [0, 0.05) is 12.2 Å². The van der Waals surface area contributed by atoms with E-state index in [-0.39, 0.29) is 6.03 Å². The summed E-state index contributed by atoms with van der Waals surface area (Å²) in [6.45, 7) is 4.44. The fraction of sp³-hybridized carbons (Fsp3) is 0.304. The first-order valence-corrected chi connectivity index (χ1v) is 9.71. The first-order valence-electron chi connectivity index (χ1n) is 9.71. The summed E-state index contributed by atoms with van der Waals surface area (Å²) >= 11 is 0. The Morgan fingerprint density at radius 1 is 1.10 bits per heavy atom. The molecule has 2 amide bonds. The van der Waals surface area contributed by atoms with Crippen LogP contribution >= 0.6 is 0 Å². The Hall–Kier alpha value is -3.48. The molecule has 0 spiro atoms. The molecule has 1 unspecified atom stereocenters. The maximum absolute atomic E-state index is 12.5. The van der Waals surface area contributed by atoms with Crippen molar-refractivity contribution in [1.29, 1.82) is 0 Å². The van der Waals surface area contributed by atoms with Crippen molar-refractivity contribution in [2.75, 3.05) is 20.8 Å². The number of amides is 2. The average molecular weight is 410 g/mol. The second kappa shape index (κ2) is 9.35. The maximum Gasteiger partial charge on any atom is 0.337 e. The van der Waals surface area contributed by atoms with Crippen molar-refractivity contribution in [3.05, 3.63) is 70.9 Å². The molecule has 0 aliphatic carbocycles. The molecule has 1 heterocycles. The molecule has 2 aromatic carbocycles. The zero-order chi connectivity index (χ0) is 21.7. The predicted octanol–water partition coefficient (Wildman–Crippen LogP) is 3.81. The number of allylic oxidation sites excluding steroid dienone is 1. The lowest BCUT2D eigenvalue weighted by atomic mass is 9.94. The molecule has 0 aromatic heterocycles.